The molecule has 0 saturated heterocycles. The molecule has 2 amide bonds. The van der Waals surface area contributed by atoms with Crippen molar-refractivity contribution in [1.82, 2.24) is 10.2 Å². The third-order valence-electron chi connectivity index (χ3n) is 2.76. The zero-order valence-corrected chi connectivity index (χ0v) is 11.9. The molecule has 0 aliphatic heterocycles. The molecule has 0 aliphatic carbocycles. The Morgan fingerprint density at radius 1 is 1.16 bits per heavy atom. The van der Waals surface area contributed by atoms with E-state index in [-0.39, 0.29) is 11.8 Å². The molecule has 5 heteroatoms. The molecule has 0 atom stereocenters. The van der Waals surface area contributed by atoms with E-state index in [1.165, 1.54) is 4.90 Å². The molecular formula is C14H21N3O2. The van der Waals surface area contributed by atoms with Gasteiger partial charge in [-0.2, -0.15) is 0 Å². The maximum absolute atomic E-state index is 12.0. The van der Waals surface area contributed by atoms with Crippen LogP contribution in [0.25, 0.3) is 0 Å². The minimum absolute atomic E-state index is 0.0887. The lowest BCUT2D eigenvalue weighted by Crippen LogP contribution is -2.48. The minimum atomic E-state index is -0.449. The van der Waals surface area contributed by atoms with E-state index in [9.17, 15) is 9.59 Å². The number of nitrogens with two attached hydrogens (primary N) is 1. The first kappa shape index (κ1) is 15.2. The van der Waals surface area contributed by atoms with Gasteiger partial charge in [0.25, 0.3) is 11.8 Å². The Morgan fingerprint density at radius 3 is 2.05 bits per heavy atom. The van der Waals surface area contributed by atoms with Crippen LogP contribution in [0.2, 0.25) is 0 Å². The molecule has 0 bridgehead atoms. The fourth-order valence-corrected chi connectivity index (χ4v) is 1.45. The van der Waals surface area contributed by atoms with Gasteiger partial charge in [0.15, 0.2) is 0 Å². The van der Waals surface area contributed by atoms with Crippen LogP contribution in [0, 0.1) is 0 Å². The second-order valence-electron chi connectivity index (χ2n) is 5.32. The minimum Gasteiger partial charge on any atom is -0.346 e. The van der Waals surface area contributed by atoms with E-state index in [1.807, 2.05) is 13.8 Å². The van der Waals surface area contributed by atoms with E-state index < -0.39 is 5.54 Å². The summed E-state index contributed by atoms with van der Waals surface area (Å²) in [6.07, 6.45) is 0. The number of nitrogens with one attached hydrogen (secondary N) is 1. The van der Waals surface area contributed by atoms with E-state index in [0.717, 1.165) is 0 Å². The van der Waals surface area contributed by atoms with Crippen LogP contribution in [0.5, 0.6) is 0 Å². The highest BCUT2D eigenvalue weighted by Gasteiger charge is 2.19. The summed E-state index contributed by atoms with van der Waals surface area (Å²) in [5.74, 6) is -0.284. The van der Waals surface area contributed by atoms with Gasteiger partial charge in [0.1, 0.15) is 0 Å². The summed E-state index contributed by atoms with van der Waals surface area (Å²) >= 11 is 0. The standard InChI is InChI=1S/C14H21N3O2/c1-14(2,9-15)16-12(18)10-5-7-11(8-6-10)13(19)17(3)4/h5-8H,9,15H2,1-4H3,(H,16,18). The largest absolute Gasteiger partial charge is 0.346 e. The van der Waals surface area contributed by atoms with Gasteiger partial charge in [-0.1, -0.05) is 0 Å². The van der Waals surface area contributed by atoms with E-state index in [2.05, 4.69) is 5.32 Å². The van der Waals surface area contributed by atoms with Gasteiger partial charge in [-0.25, -0.2) is 0 Å². The summed E-state index contributed by atoms with van der Waals surface area (Å²) in [6, 6.07) is 6.57. The lowest BCUT2D eigenvalue weighted by Gasteiger charge is -2.24. The van der Waals surface area contributed by atoms with Crippen molar-refractivity contribution in [2.75, 3.05) is 20.6 Å². The molecule has 0 aliphatic rings. The van der Waals surface area contributed by atoms with Crippen LogP contribution >= 0.6 is 0 Å². The molecule has 1 aromatic carbocycles. The summed E-state index contributed by atoms with van der Waals surface area (Å²) in [5.41, 5.74) is 6.18. The molecule has 0 spiro atoms. The third kappa shape index (κ3) is 4.06. The van der Waals surface area contributed by atoms with E-state index >= 15 is 0 Å². The van der Waals surface area contributed by atoms with Crippen LogP contribution < -0.4 is 11.1 Å². The van der Waals surface area contributed by atoms with Crippen LogP contribution in [0.3, 0.4) is 0 Å². The summed E-state index contributed by atoms with van der Waals surface area (Å²) in [5, 5.41) is 2.83. The highest BCUT2D eigenvalue weighted by molar-refractivity contribution is 5.97. The number of hydrogen-bond donors (Lipinski definition) is 2. The molecule has 19 heavy (non-hydrogen) atoms. The predicted molar refractivity (Wildman–Crippen MR) is 75.1 cm³/mol. The van der Waals surface area contributed by atoms with Gasteiger partial charge in [0.2, 0.25) is 0 Å². The Kier molecular flexibility index (Phi) is 4.67. The molecule has 3 N–H and O–H groups in total. The highest BCUT2D eigenvalue weighted by atomic mass is 16.2. The summed E-state index contributed by atoms with van der Waals surface area (Å²) in [7, 11) is 3.37. The lowest BCUT2D eigenvalue weighted by atomic mass is 10.0. The van der Waals surface area contributed by atoms with E-state index in [0.29, 0.717) is 17.7 Å². The Hall–Kier alpha value is -1.88. The number of nitrogens with zero attached hydrogens (tertiary/aromatic N) is 1. The SMILES string of the molecule is CN(C)C(=O)c1ccc(C(=O)NC(C)(C)CN)cc1. The van der Waals surface area contributed by atoms with Gasteiger partial charge < -0.3 is 16.0 Å². The maximum atomic E-state index is 12.0. The molecular weight excluding hydrogens is 242 g/mol. The molecule has 5 nitrogen and oxygen atoms in total. The molecule has 0 aromatic heterocycles. The first-order valence-corrected chi connectivity index (χ1v) is 6.11. The molecule has 104 valence electrons. The smallest absolute Gasteiger partial charge is 0.253 e. The fourth-order valence-electron chi connectivity index (χ4n) is 1.45. The molecule has 0 radical (unpaired) electrons. The van der Waals surface area contributed by atoms with Crippen molar-refractivity contribution in [3.05, 3.63) is 35.4 Å². The van der Waals surface area contributed by atoms with Gasteiger partial charge in [-0.05, 0) is 38.1 Å². The summed E-state index contributed by atoms with van der Waals surface area (Å²) in [6.45, 7) is 4.07. The topological polar surface area (TPSA) is 75.4 Å². The lowest BCUT2D eigenvalue weighted by molar-refractivity contribution is 0.0826. The number of hydrogen-bond acceptors (Lipinski definition) is 3. The average Bonchev–Trinajstić information content (AvgIpc) is 2.37. The van der Waals surface area contributed by atoms with Crippen molar-refractivity contribution in [3.63, 3.8) is 0 Å². The number of amides is 2. The Labute approximate surface area is 113 Å². The van der Waals surface area contributed by atoms with Crippen LogP contribution in [0.4, 0.5) is 0 Å². The quantitative estimate of drug-likeness (QED) is 0.846. The van der Waals surface area contributed by atoms with Crippen LogP contribution in [0.15, 0.2) is 24.3 Å². The van der Waals surface area contributed by atoms with Gasteiger partial charge in [0, 0.05) is 37.3 Å². The first-order chi connectivity index (χ1) is 8.76. The average molecular weight is 263 g/mol. The Bertz CT molecular complexity index is 464. The molecule has 0 unspecified atom stereocenters. The molecule has 1 rings (SSSR count). The van der Waals surface area contributed by atoms with Crippen LogP contribution in [0.1, 0.15) is 34.6 Å². The zero-order valence-electron chi connectivity index (χ0n) is 11.9. The normalized spacial score (nSPS) is 11.0. The molecule has 0 saturated carbocycles. The van der Waals surface area contributed by atoms with Crippen molar-refractivity contribution in [2.24, 2.45) is 5.73 Å². The fraction of sp³-hybridized carbons (Fsp3) is 0.429. The molecule has 1 aromatic rings. The van der Waals surface area contributed by atoms with Crippen molar-refractivity contribution >= 4 is 11.8 Å². The van der Waals surface area contributed by atoms with Crippen molar-refractivity contribution in [1.29, 1.82) is 0 Å². The molecule has 0 fully saturated rings. The maximum Gasteiger partial charge on any atom is 0.253 e. The van der Waals surface area contributed by atoms with Crippen molar-refractivity contribution in [2.45, 2.75) is 19.4 Å². The Morgan fingerprint density at radius 2 is 1.63 bits per heavy atom. The number of rotatable bonds is 4. The predicted octanol–water partition coefficient (Wildman–Crippen LogP) is 0.855. The van der Waals surface area contributed by atoms with Crippen molar-refractivity contribution in [3.8, 4) is 0 Å². The second kappa shape index (κ2) is 5.84. The van der Waals surface area contributed by atoms with E-state index in [4.69, 9.17) is 5.73 Å². The van der Waals surface area contributed by atoms with Crippen LogP contribution in [-0.4, -0.2) is 42.9 Å². The number of carbonyl (C=O) groups is 2. The monoisotopic (exact) mass is 263 g/mol. The third-order valence-corrected chi connectivity index (χ3v) is 2.76. The second-order valence-corrected chi connectivity index (χ2v) is 5.32. The first-order valence-electron chi connectivity index (χ1n) is 6.11. The summed E-state index contributed by atoms with van der Waals surface area (Å²) < 4.78 is 0. The van der Waals surface area contributed by atoms with Gasteiger partial charge in [-0.3, -0.25) is 9.59 Å². The molecule has 0 heterocycles. The van der Waals surface area contributed by atoms with Gasteiger partial charge >= 0.3 is 0 Å². The highest BCUT2D eigenvalue weighted by Crippen LogP contribution is 2.08. The number of benzene rings is 1. The Balaban J connectivity index is 2.82. The number of carbonyl (C=O) groups excluding carboxylic acids is 2. The van der Waals surface area contributed by atoms with Gasteiger partial charge in [-0.15, -0.1) is 0 Å². The zero-order chi connectivity index (χ0) is 14.6. The summed E-state index contributed by atoms with van der Waals surface area (Å²) in [4.78, 5) is 25.2. The van der Waals surface area contributed by atoms with Crippen molar-refractivity contribution < 1.29 is 9.59 Å². The van der Waals surface area contributed by atoms with Crippen LogP contribution in [-0.2, 0) is 0 Å². The van der Waals surface area contributed by atoms with Gasteiger partial charge in [0.05, 0.1) is 0 Å². The van der Waals surface area contributed by atoms with E-state index in [1.54, 1.807) is 38.4 Å².